The van der Waals surface area contributed by atoms with Gasteiger partial charge in [-0.15, -0.1) is 11.8 Å². The summed E-state index contributed by atoms with van der Waals surface area (Å²) in [5.41, 5.74) is 6.67. The maximum absolute atomic E-state index is 11.9. The van der Waals surface area contributed by atoms with Crippen LogP contribution in [0.5, 0.6) is 0 Å². The molecule has 2 aromatic carbocycles. The summed E-state index contributed by atoms with van der Waals surface area (Å²) in [6, 6.07) is 12.4. The Morgan fingerprint density at radius 1 is 1.07 bits per heavy atom. The number of nitrogens with zero attached hydrogens (tertiary/aromatic N) is 2. The van der Waals surface area contributed by atoms with Crippen molar-refractivity contribution in [1.82, 2.24) is 20.8 Å². The molecule has 142 valence electrons. The average molecular weight is 433 g/mol. The Bertz CT molecular complexity index is 1060. The number of halogens is 2. The van der Waals surface area contributed by atoms with E-state index < -0.39 is 5.91 Å². The molecule has 1 heterocycles. The lowest BCUT2D eigenvalue weighted by molar-refractivity contribution is -0.125. The summed E-state index contributed by atoms with van der Waals surface area (Å²) in [6.45, 7) is 0. The summed E-state index contributed by atoms with van der Waals surface area (Å²) in [4.78, 5) is 33.0. The third kappa shape index (κ3) is 5.69. The molecule has 9 heteroatoms. The summed E-state index contributed by atoms with van der Waals surface area (Å²) < 4.78 is 0. The number of para-hydroxylation sites is 2. The minimum atomic E-state index is -0.492. The van der Waals surface area contributed by atoms with Crippen molar-refractivity contribution in [3.63, 3.8) is 0 Å². The monoisotopic (exact) mass is 432 g/mol. The van der Waals surface area contributed by atoms with Crippen LogP contribution in [0.1, 0.15) is 5.69 Å². The molecule has 0 bridgehead atoms. The molecule has 0 unspecified atom stereocenters. The molecule has 6 nitrogen and oxygen atoms in total. The second kappa shape index (κ2) is 9.54. The normalized spacial score (nSPS) is 10.9. The van der Waals surface area contributed by atoms with Gasteiger partial charge in [-0.25, -0.2) is 4.98 Å². The maximum atomic E-state index is 11.9. The quantitative estimate of drug-likeness (QED) is 0.362. The number of hydrazine groups is 1. The molecule has 28 heavy (non-hydrogen) atoms. The predicted octanol–water partition coefficient (Wildman–Crippen LogP) is 3.89. The lowest BCUT2D eigenvalue weighted by Crippen LogP contribution is -2.41. The van der Waals surface area contributed by atoms with Crippen molar-refractivity contribution < 1.29 is 9.59 Å². The van der Waals surface area contributed by atoms with Crippen LogP contribution in [-0.4, -0.2) is 27.5 Å². The van der Waals surface area contributed by atoms with E-state index in [0.29, 0.717) is 20.6 Å². The first kappa shape index (κ1) is 20.1. The van der Waals surface area contributed by atoms with Gasteiger partial charge >= 0.3 is 0 Å². The van der Waals surface area contributed by atoms with Gasteiger partial charge in [-0.05, 0) is 36.4 Å². The highest BCUT2D eigenvalue weighted by atomic mass is 35.5. The minimum Gasteiger partial charge on any atom is -0.272 e. The number of amides is 2. The van der Waals surface area contributed by atoms with Crippen molar-refractivity contribution in [3.8, 4) is 0 Å². The fraction of sp³-hybridized carbons (Fsp3) is 0.0526. The molecular weight excluding hydrogens is 419 g/mol. The van der Waals surface area contributed by atoms with Crippen LogP contribution in [-0.2, 0) is 9.59 Å². The second-order valence-corrected chi connectivity index (χ2v) is 7.38. The van der Waals surface area contributed by atoms with Crippen molar-refractivity contribution in [1.29, 1.82) is 0 Å². The topological polar surface area (TPSA) is 84.0 Å². The van der Waals surface area contributed by atoms with Gasteiger partial charge < -0.3 is 0 Å². The first-order valence-corrected chi connectivity index (χ1v) is 9.82. The molecule has 0 aliphatic carbocycles. The Labute approximate surface area is 175 Å². The van der Waals surface area contributed by atoms with Crippen molar-refractivity contribution in [2.24, 2.45) is 0 Å². The summed E-state index contributed by atoms with van der Waals surface area (Å²) in [5.74, 6) is -0.803. The molecule has 0 aliphatic rings. The minimum absolute atomic E-state index is 0.0696. The summed E-state index contributed by atoms with van der Waals surface area (Å²) in [7, 11) is 0. The van der Waals surface area contributed by atoms with Gasteiger partial charge in [-0.2, -0.15) is 0 Å². The summed E-state index contributed by atoms with van der Waals surface area (Å²) in [5, 5.41) is 1.04. The highest BCUT2D eigenvalue weighted by Crippen LogP contribution is 2.29. The zero-order valence-electron chi connectivity index (χ0n) is 14.4. The number of rotatable bonds is 5. The number of carbonyl (C=O) groups excluding carboxylic acids is 2. The Hall–Kier alpha value is -2.61. The van der Waals surface area contributed by atoms with Crippen molar-refractivity contribution in [2.45, 2.75) is 4.90 Å². The number of hydrogen-bond donors (Lipinski definition) is 2. The van der Waals surface area contributed by atoms with Crippen LogP contribution in [0.3, 0.4) is 0 Å². The number of benzene rings is 2. The van der Waals surface area contributed by atoms with Crippen molar-refractivity contribution >= 4 is 63.9 Å². The number of carbonyl (C=O) groups is 2. The standard InChI is InChI=1S/C19H14Cl2N4O2S/c20-12-5-7-14(21)17(9-12)28-11-19(27)25-24-18(26)8-6-13-10-22-15-3-1-2-4-16(15)23-13/h1-10H,11H2,(H,24,26)(H,25,27)/b8-6+. The Balaban J connectivity index is 1.48. The van der Waals surface area contributed by atoms with Crippen molar-refractivity contribution in [3.05, 3.63) is 70.5 Å². The predicted molar refractivity (Wildman–Crippen MR) is 112 cm³/mol. The van der Waals surface area contributed by atoms with E-state index in [1.54, 1.807) is 24.4 Å². The van der Waals surface area contributed by atoms with Gasteiger partial charge in [0.05, 0.1) is 33.7 Å². The van der Waals surface area contributed by atoms with Gasteiger partial charge in [0.25, 0.3) is 5.91 Å². The Morgan fingerprint density at radius 2 is 1.86 bits per heavy atom. The molecule has 2 N–H and O–H groups in total. The number of fused-ring (bicyclic) bond motifs is 1. The van der Waals surface area contributed by atoms with Crippen LogP contribution in [0.2, 0.25) is 10.0 Å². The van der Waals surface area contributed by atoms with Gasteiger partial charge in [-0.1, -0.05) is 35.3 Å². The zero-order valence-corrected chi connectivity index (χ0v) is 16.7. The van der Waals surface area contributed by atoms with E-state index in [-0.39, 0.29) is 11.7 Å². The molecule has 0 fully saturated rings. The number of thioether (sulfide) groups is 1. The lowest BCUT2D eigenvalue weighted by Gasteiger charge is -2.06. The summed E-state index contributed by atoms with van der Waals surface area (Å²) in [6.07, 6.45) is 4.34. The molecular formula is C19H14Cl2N4O2S. The molecule has 1 aromatic heterocycles. The van der Waals surface area contributed by atoms with Crippen LogP contribution in [0.4, 0.5) is 0 Å². The molecule has 3 rings (SSSR count). The van der Waals surface area contributed by atoms with E-state index in [0.717, 1.165) is 11.0 Å². The fourth-order valence-electron chi connectivity index (χ4n) is 2.15. The van der Waals surface area contributed by atoms with Crippen LogP contribution in [0.15, 0.2) is 59.6 Å². The lowest BCUT2D eigenvalue weighted by atomic mass is 10.3. The van der Waals surface area contributed by atoms with E-state index in [2.05, 4.69) is 20.8 Å². The van der Waals surface area contributed by atoms with Crippen LogP contribution in [0.25, 0.3) is 17.1 Å². The van der Waals surface area contributed by atoms with E-state index in [1.165, 1.54) is 23.9 Å². The molecule has 0 atom stereocenters. The van der Waals surface area contributed by atoms with Crippen LogP contribution >= 0.6 is 35.0 Å². The number of aromatic nitrogens is 2. The third-order valence-corrected chi connectivity index (χ3v) is 5.18. The van der Waals surface area contributed by atoms with Gasteiger partial charge in [0.2, 0.25) is 5.91 Å². The van der Waals surface area contributed by atoms with E-state index in [4.69, 9.17) is 23.2 Å². The van der Waals surface area contributed by atoms with E-state index in [9.17, 15) is 9.59 Å². The largest absolute Gasteiger partial charge is 0.272 e. The first-order chi connectivity index (χ1) is 13.5. The molecule has 0 saturated heterocycles. The van der Waals surface area contributed by atoms with E-state index >= 15 is 0 Å². The Kier molecular flexibility index (Phi) is 6.86. The summed E-state index contributed by atoms with van der Waals surface area (Å²) >= 11 is 13.2. The smallest absolute Gasteiger partial charge is 0.262 e. The van der Waals surface area contributed by atoms with Crippen molar-refractivity contribution in [2.75, 3.05) is 5.75 Å². The fourth-order valence-corrected chi connectivity index (χ4v) is 3.45. The SMILES string of the molecule is O=C(/C=C/c1cnc2ccccc2n1)NNC(=O)CSc1cc(Cl)ccc1Cl. The molecule has 0 radical (unpaired) electrons. The average Bonchev–Trinajstić information content (AvgIpc) is 2.71. The van der Waals surface area contributed by atoms with Gasteiger partial charge in [0.1, 0.15) is 0 Å². The Morgan fingerprint density at radius 3 is 2.68 bits per heavy atom. The zero-order chi connectivity index (χ0) is 19.9. The van der Waals surface area contributed by atoms with Crippen LogP contribution in [0, 0.1) is 0 Å². The van der Waals surface area contributed by atoms with Gasteiger partial charge in [0.15, 0.2) is 0 Å². The highest BCUT2D eigenvalue weighted by molar-refractivity contribution is 8.00. The first-order valence-electron chi connectivity index (χ1n) is 8.08. The molecule has 3 aromatic rings. The molecule has 0 saturated carbocycles. The second-order valence-electron chi connectivity index (χ2n) is 5.52. The third-order valence-electron chi connectivity index (χ3n) is 3.45. The molecule has 0 aliphatic heterocycles. The maximum Gasteiger partial charge on any atom is 0.262 e. The van der Waals surface area contributed by atoms with Gasteiger partial charge in [-0.3, -0.25) is 25.4 Å². The molecule has 0 spiro atoms. The number of hydrogen-bond acceptors (Lipinski definition) is 5. The molecule has 2 amide bonds. The van der Waals surface area contributed by atoms with E-state index in [1.807, 2.05) is 24.3 Å². The number of nitrogens with one attached hydrogen (secondary N) is 2. The highest BCUT2D eigenvalue weighted by Gasteiger charge is 2.07. The van der Waals surface area contributed by atoms with Gasteiger partial charge in [0, 0.05) is 16.0 Å². The van der Waals surface area contributed by atoms with Crippen LogP contribution < -0.4 is 10.9 Å².